The summed E-state index contributed by atoms with van der Waals surface area (Å²) in [6, 6.07) is 7.70. The second kappa shape index (κ2) is 6.74. The lowest BCUT2D eigenvalue weighted by atomic mass is 9.75. The van der Waals surface area contributed by atoms with Gasteiger partial charge in [-0.15, -0.1) is 0 Å². The third-order valence-corrected chi connectivity index (χ3v) is 4.76. The average molecular weight is 282 g/mol. The van der Waals surface area contributed by atoms with E-state index in [0.717, 1.165) is 29.3 Å². The van der Waals surface area contributed by atoms with E-state index < -0.39 is 0 Å². The van der Waals surface area contributed by atoms with Crippen molar-refractivity contribution in [1.29, 1.82) is 0 Å². The first-order valence-electron chi connectivity index (χ1n) is 7.25. The maximum atomic E-state index is 10.6. The summed E-state index contributed by atoms with van der Waals surface area (Å²) in [5, 5.41) is 11.4. The van der Waals surface area contributed by atoms with E-state index in [1.54, 1.807) is 0 Å². The fourth-order valence-electron chi connectivity index (χ4n) is 3.14. The van der Waals surface area contributed by atoms with Gasteiger partial charge in [-0.2, -0.15) is 0 Å². The van der Waals surface area contributed by atoms with E-state index in [1.165, 1.54) is 12.8 Å². The first-order chi connectivity index (χ1) is 9.11. The van der Waals surface area contributed by atoms with Crippen molar-refractivity contribution < 1.29 is 5.11 Å². The van der Waals surface area contributed by atoms with E-state index >= 15 is 0 Å². The van der Waals surface area contributed by atoms with Gasteiger partial charge in [0, 0.05) is 17.5 Å². The zero-order valence-electron chi connectivity index (χ0n) is 11.6. The van der Waals surface area contributed by atoms with Crippen LogP contribution in [0.4, 0.5) is 0 Å². The molecule has 2 atom stereocenters. The molecular weight excluding hydrogens is 258 g/mol. The first kappa shape index (κ1) is 14.8. The summed E-state index contributed by atoms with van der Waals surface area (Å²) in [6.45, 7) is 2.77. The molecule has 2 rings (SSSR count). The monoisotopic (exact) mass is 281 g/mol. The van der Waals surface area contributed by atoms with Gasteiger partial charge in [0.1, 0.15) is 0 Å². The normalized spacial score (nSPS) is 26.9. The van der Waals surface area contributed by atoms with E-state index in [9.17, 15) is 5.11 Å². The van der Waals surface area contributed by atoms with Crippen molar-refractivity contribution in [2.24, 2.45) is 17.6 Å². The van der Waals surface area contributed by atoms with Gasteiger partial charge < -0.3 is 10.8 Å². The van der Waals surface area contributed by atoms with Gasteiger partial charge in [0.2, 0.25) is 0 Å². The highest BCUT2D eigenvalue weighted by molar-refractivity contribution is 6.30. The fraction of sp³-hybridized carbons (Fsp3) is 0.625. The van der Waals surface area contributed by atoms with Gasteiger partial charge >= 0.3 is 0 Å². The van der Waals surface area contributed by atoms with Crippen molar-refractivity contribution in [2.45, 2.75) is 44.6 Å². The van der Waals surface area contributed by atoms with Crippen molar-refractivity contribution in [3.05, 3.63) is 34.9 Å². The molecule has 0 saturated heterocycles. The minimum Gasteiger partial charge on any atom is -0.392 e. The van der Waals surface area contributed by atoms with Gasteiger partial charge in [-0.3, -0.25) is 0 Å². The van der Waals surface area contributed by atoms with Crippen LogP contribution in [0.1, 0.15) is 44.1 Å². The number of aliphatic hydroxyl groups is 1. The topological polar surface area (TPSA) is 46.2 Å². The Labute approximate surface area is 121 Å². The van der Waals surface area contributed by atoms with Gasteiger partial charge in [0.15, 0.2) is 0 Å². The number of hydrogen-bond acceptors (Lipinski definition) is 2. The summed E-state index contributed by atoms with van der Waals surface area (Å²) in [6.07, 6.45) is 4.34. The summed E-state index contributed by atoms with van der Waals surface area (Å²) < 4.78 is 0. The number of rotatable bonds is 4. The molecule has 3 N–H and O–H groups in total. The van der Waals surface area contributed by atoms with Crippen LogP contribution in [-0.2, 0) is 0 Å². The van der Waals surface area contributed by atoms with Crippen LogP contribution in [0.15, 0.2) is 24.3 Å². The average Bonchev–Trinajstić information content (AvgIpc) is 2.42. The number of aliphatic hydroxyl groups excluding tert-OH is 1. The molecule has 0 amide bonds. The van der Waals surface area contributed by atoms with Crippen LogP contribution < -0.4 is 5.73 Å². The van der Waals surface area contributed by atoms with E-state index in [1.807, 2.05) is 24.3 Å². The highest BCUT2D eigenvalue weighted by atomic mass is 35.5. The van der Waals surface area contributed by atoms with Crippen molar-refractivity contribution >= 4 is 11.6 Å². The molecule has 1 aliphatic rings. The van der Waals surface area contributed by atoms with Crippen LogP contribution >= 0.6 is 11.6 Å². The van der Waals surface area contributed by atoms with Crippen molar-refractivity contribution in [3.63, 3.8) is 0 Å². The van der Waals surface area contributed by atoms with Crippen molar-refractivity contribution in [1.82, 2.24) is 0 Å². The zero-order valence-corrected chi connectivity index (χ0v) is 12.3. The number of hydrogen-bond donors (Lipinski definition) is 2. The Morgan fingerprint density at radius 1 is 1.21 bits per heavy atom. The Kier molecular flexibility index (Phi) is 5.26. The highest BCUT2D eigenvalue weighted by Crippen LogP contribution is 2.35. The molecule has 0 aromatic heterocycles. The van der Waals surface area contributed by atoms with Gasteiger partial charge in [0.25, 0.3) is 0 Å². The minimum atomic E-state index is -0.335. The van der Waals surface area contributed by atoms with Crippen LogP contribution in [0.5, 0.6) is 0 Å². The van der Waals surface area contributed by atoms with Crippen molar-refractivity contribution in [2.75, 3.05) is 6.54 Å². The summed E-state index contributed by atoms with van der Waals surface area (Å²) in [5.41, 5.74) is 6.98. The lowest BCUT2D eigenvalue weighted by molar-refractivity contribution is 0.0548. The Morgan fingerprint density at radius 2 is 1.79 bits per heavy atom. The molecule has 0 heterocycles. The molecule has 2 nitrogen and oxygen atoms in total. The SMILES string of the molecule is CC1CCC(C(O)C(CN)c2ccc(Cl)cc2)CC1. The largest absolute Gasteiger partial charge is 0.392 e. The maximum Gasteiger partial charge on any atom is 0.0648 e. The molecular formula is C16H24ClNO. The molecule has 1 aliphatic carbocycles. The van der Waals surface area contributed by atoms with Crippen molar-refractivity contribution in [3.8, 4) is 0 Å². The Bertz CT molecular complexity index is 384. The van der Waals surface area contributed by atoms with E-state index in [2.05, 4.69) is 6.92 Å². The number of benzene rings is 1. The summed E-state index contributed by atoms with van der Waals surface area (Å²) in [7, 11) is 0. The molecule has 1 aromatic carbocycles. The molecule has 0 spiro atoms. The Hall–Kier alpha value is -0.570. The molecule has 2 unspecified atom stereocenters. The third kappa shape index (κ3) is 3.71. The van der Waals surface area contributed by atoms with Crippen LogP contribution in [0.3, 0.4) is 0 Å². The van der Waals surface area contributed by atoms with Gasteiger partial charge in [0.05, 0.1) is 6.10 Å². The standard InChI is InChI=1S/C16H24ClNO/c1-11-2-4-13(5-3-11)16(19)15(10-18)12-6-8-14(17)9-7-12/h6-9,11,13,15-16,19H,2-5,10,18H2,1H3. The van der Waals surface area contributed by atoms with E-state index in [0.29, 0.717) is 12.5 Å². The second-order valence-electron chi connectivity index (χ2n) is 5.90. The highest BCUT2D eigenvalue weighted by Gasteiger charge is 2.30. The van der Waals surface area contributed by atoms with Crippen LogP contribution in [0.2, 0.25) is 5.02 Å². The molecule has 0 aliphatic heterocycles. The summed E-state index contributed by atoms with van der Waals surface area (Å²) in [4.78, 5) is 0. The van der Waals surface area contributed by atoms with Gasteiger partial charge in [-0.25, -0.2) is 0 Å². The van der Waals surface area contributed by atoms with E-state index in [-0.39, 0.29) is 12.0 Å². The van der Waals surface area contributed by atoms with Crippen LogP contribution in [0, 0.1) is 11.8 Å². The van der Waals surface area contributed by atoms with Crippen LogP contribution in [-0.4, -0.2) is 17.8 Å². The lowest BCUT2D eigenvalue weighted by Crippen LogP contribution is -2.34. The summed E-state index contributed by atoms with van der Waals surface area (Å²) in [5.74, 6) is 1.21. The molecule has 0 bridgehead atoms. The molecule has 1 fully saturated rings. The predicted octanol–water partition coefficient (Wildman–Crippen LogP) is 3.57. The van der Waals surface area contributed by atoms with Crippen LogP contribution in [0.25, 0.3) is 0 Å². The number of nitrogens with two attached hydrogens (primary N) is 1. The fourth-order valence-corrected chi connectivity index (χ4v) is 3.26. The van der Waals surface area contributed by atoms with E-state index in [4.69, 9.17) is 17.3 Å². The minimum absolute atomic E-state index is 0.0238. The maximum absolute atomic E-state index is 10.6. The molecule has 1 saturated carbocycles. The van der Waals surface area contributed by atoms with Gasteiger partial charge in [-0.05, 0) is 42.4 Å². The lowest BCUT2D eigenvalue weighted by Gasteiger charge is -2.34. The third-order valence-electron chi connectivity index (χ3n) is 4.51. The zero-order chi connectivity index (χ0) is 13.8. The van der Waals surface area contributed by atoms with Gasteiger partial charge in [-0.1, -0.05) is 43.5 Å². The molecule has 0 radical (unpaired) electrons. The number of halogens is 1. The molecule has 106 valence electrons. The summed E-state index contributed by atoms with van der Waals surface area (Å²) >= 11 is 5.91. The molecule has 1 aromatic rings. The first-order valence-corrected chi connectivity index (χ1v) is 7.63. The second-order valence-corrected chi connectivity index (χ2v) is 6.34. The molecule has 3 heteroatoms. The predicted molar refractivity (Wildman–Crippen MR) is 80.4 cm³/mol. The molecule has 19 heavy (non-hydrogen) atoms. The Balaban J connectivity index is 2.06. The quantitative estimate of drug-likeness (QED) is 0.886. The smallest absolute Gasteiger partial charge is 0.0648 e. The Morgan fingerprint density at radius 3 is 2.32 bits per heavy atom.